The molecule has 0 aliphatic heterocycles. The molecule has 7 heteroatoms. The Morgan fingerprint density at radius 1 is 1.20 bits per heavy atom. The Balaban J connectivity index is 2.04. The average Bonchev–Trinajstić information content (AvgIpc) is 2.37. The van der Waals surface area contributed by atoms with E-state index in [4.69, 9.17) is 11.6 Å². The number of hydrogen-bond acceptors (Lipinski definition) is 2. The van der Waals surface area contributed by atoms with Crippen LogP contribution < -0.4 is 5.32 Å². The van der Waals surface area contributed by atoms with Gasteiger partial charge in [0.2, 0.25) is 0 Å². The first-order chi connectivity index (χ1) is 9.36. The zero-order chi connectivity index (χ0) is 14.8. The monoisotopic (exact) mass is 364 g/mol. The second-order valence-electron chi connectivity index (χ2n) is 4.02. The Bertz CT molecular complexity index is 600. The first kappa shape index (κ1) is 15.1. The van der Waals surface area contributed by atoms with Gasteiger partial charge in [-0.15, -0.1) is 0 Å². The minimum absolute atomic E-state index is 0.402. The maximum Gasteiger partial charge on any atom is 0.433 e. The molecule has 2 rings (SSSR count). The summed E-state index contributed by atoms with van der Waals surface area (Å²) in [5.74, 6) is 0. The smallest absolute Gasteiger partial charge is 0.380 e. The van der Waals surface area contributed by atoms with E-state index in [0.29, 0.717) is 17.3 Å². The highest BCUT2D eigenvalue weighted by Gasteiger charge is 2.31. The third-order valence-electron chi connectivity index (χ3n) is 2.55. The lowest BCUT2D eigenvalue weighted by molar-refractivity contribution is -0.141. The lowest BCUT2D eigenvalue weighted by Crippen LogP contribution is -2.08. The van der Waals surface area contributed by atoms with E-state index >= 15 is 0 Å². The topological polar surface area (TPSA) is 24.9 Å². The molecular formula is C13H9BrClF3N2. The molecule has 1 aromatic carbocycles. The minimum atomic E-state index is -4.42. The molecule has 106 valence electrons. The number of nitrogens with one attached hydrogen (secondary N) is 1. The Morgan fingerprint density at radius 2 is 1.95 bits per heavy atom. The molecule has 0 spiro atoms. The summed E-state index contributed by atoms with van der Waals surface area (Å²) in [5.41, 5.74) is 0.427. The van der Waals surface area contributed by atoms with Gasteiger partial charge in [0.05, 0.1) is 11.9 Å². The number of aromatic nitrogens is 1. The maximum atomic E-state index is 12.4. The number of rotatable bonds is 3. The van der Waals surface area contributed by atoms with Crippen molar-refractivity contribution in [3.05, 3.63) is 57.3 Å². The number of hydrogen-bond donors (Lipinski definition) is 1. The molecule has 1 N–H and O–H groups in total. The molecule has 0 radical (unpaired) electrons. The van der Waals surface area contributed by atoms with E-state index in [-0.39, 0.29) is 0 Å². The van der Waals surface area contributed by atoms with Gasteiger partial charge in [-0.25, -0.2) is 4.98 Å². The third-order valence-corrected chi connectivity index (χ3v) is 3.40. The average molecular weight is 366 g/mol. The number of pyridine rings is 1. The molecular weight excluding hydrogens is 357 g/mol. The first-order valence-electron chi connectivity index (χ1n) is 5.57. The lowest BCUT2D eigenvalue weighted by atomic mass is 10.2. The molecule has 0 bridgehead atoms. The normalized spacial score (nSPS) is 11.4. The molecule has 0 aliphatic carbocycles. The predicted octanol–water partition coefficient (Wildman–Crippen LogP) is 5.13. The molecule has 1 heterocycles. The highest BCUT2D eigenvalue weighted by Crippen LogP contribution is 2.28. The molecule has 0 fully saturated rings. The standard InChI is InChI=1S/C13H9BrClF3N2/c14-9-2-1-8(11(15)5-9)6-19-10-3-4-12(20-7-10)13(16,17)18/h1-5,7,19H,6H2. The van der Waals surface area contributed by atoms with Crippen LogP contribution >= 0.6 is 27.5 Å². The number of halogens is 5. The van der Waals surface area contributed by atoms with Crippen LogP contribution in [0.1, 0.15) is 11.3 Å². The predicted molar refractivity (Wildman–Crippen MR) is 75.7 cm³/mol. The minimum Gasteiger partial charge on any atom is -0.380 e. The molecule has 0 atom stereocenters. The number of alkyl halides is 3. The fourth-order valence-electron chi connectivity index (χ4n) is 1.53. The van der Waals surface area contributed by atoms with E-state index in [1.54, 1.807) is 6.07 Å². The van der Waals surface area contributed by atoms with Crippen molar-refractivity contribution >= 4 is 33.2 Å². The van der Waals surface area contributed by atoms with Crippen molar-refractivity contribution in [2.45, 2.75) is 12.7 Å². The summed E-state index contributed by atoms with van der Waals surface area (Å²) < 4.78 is 37.9. The lowest BCUT2D eigenvalue weighted by Gasteiger charge is -2.10. The van der Waals surface area contributed by atoms with Gasteiger partial charge in [0.15, 0.2) is 0 Å². The van der Waals surface area contributed by atoms with Crippen LogP contribution in [0.15, 0.2) is 41.0 Å². The Morgan fingerprint density at radius 3 is 2.50 bits per heavy atom. The van der Waals surface area contributed by atoms with Crippen molar-refractivity contribution in [1.29, 1.82) is 0 Å². The summed E-state index contributed by atoms with van der Waals surface area (Å²) in [4.78, 5) is 3.37. The summed E-state index contributed by atoms with van der Waals surface area (Å²) in [6, 6.07) is 7.70. The number of nitrogens with zero attached hydrogens (tertiary/aromatic N) is 1. The van der Waals surface area contributed by atoms with Gasteiger partial charge in [-0.05, 0) is 29.8 Å². The van der Waals surface area contributed by atoms with Crippen molar-refractivity contribution in [1.82, 2.24) is 4.98 Å². The van der Waals surface area contributed by atoms with Gasteiger partial charge in [0, 0.05) is 16.0 Å². The van der Waals surface area contributed by atoms with Crippen LogP contribution in [0, 0.1) is 0 Å². The molecule has 20 heavy (non-hydrogen) atoms. The van der Waals surface area contributed by atoms with Gasteiger partial charge in [-0.1, -0.05) is 33.6 Å². The van der Waals surface area contributed by atoms with Crippen molar-refractivity contribution in [2.75, 3.05) is 5.32 Å². The van der Waals surface area contributed by atoms with Crippen molar-refractivity contribution in [2.24, 2.45) is 0 Å². The summed E-state index contributed by atoms with van der Waals surface area (Å²) in [5, 5.41) is 3.55. The summed E-state index contributed by atoms with van der Waals surface area (Å²) in [7, 11) is 0. The van der Waals surface area contributed by atoms with E-state index in [1.807, 2.05) is 12.1 Å². The van der Waals surface area contributed by atoms with Crippen molar-refractivity contribution < 1.29 is 13.2 Å². The fraction of sp³-hybridized carbons (Fsp3) is 0.154. The molecule has 1 aromatic heterocycles. The van der Waals surface area contributed by atoms with Crippen LogP contribution in [0.25, 0.3) is 0 Å². The van der Waals surface area contributed by atoms with Crippen LogP contribution in [0.5, 0.6) is 0 Å². The summed E-state index contributed by atoms with van der Waals surface area (Å²) in [6.45, 7) is 0.402. The molecule has 0 unspecified atom stereocenters. The Hall–Kier alpha value is -1.27. The Kier molecular flexibility index (Phi) is 4.55. The molecule has 0 aliphatic rings. The van der Waals surface area contributed by atoms with E-state index < -0.39 is 11.9 Å². The van der Waals surface area contributed by atoms with Gasteiger partial charge in [-0.3, -0.25) is 0 Å². The van der Waals surface area contributed by atoms with Gasteiger partial charge < -0.3 is 5.32 Å². The highest BCUT2D eigenvalue weighted by atomic mass is 79.9. The van der Waals surface area contributed by atoms with Crippen LogP contribution in [-0.4, -0.2) is 4.98 Å². The zero-order valence-electron chi connectivity index (χ0n) is 10.0. The number of anilines is 1. The maximum absolute atomic E-state index is 12.4. The molecule has 0 saturated carbocycles. The summed E-state index contributed by atoms with van der Waals surface area (Å²) >= 11 is 9.34. The van der Waals surface area contributed by atoms with E-state index in [1.165, 1.54) is 6.07 Å². The SMILES string of the molecule is FC(F)(F)c1ccc(NCc2ccc(Br)cc2Cl)cn1. The quantitative estimate of drug-likeness (QED) is 0.816. The fourth-order valence-corrected chi connectivity index (χ4v) is 2.27. The van der Waals surface area contributed by atoms with Gasteiger partial charge in [-0.2, -0.15) is 13.2 Å². The number of benzene rings is 1. The van der Waals surface area contributed by atoms with Crippen molar-refractivity contribution in [3.8, 4) is 0 Å². The zero-order valence-corrected chi connectivity index (χ0v) is 12.4. The van der Waals surface area contributed by atoms with E-state index in [9.17, 15) is 13.2 Å². The molecule has 0 amide bonds. The van der Waals surface area contributed by atoms with Gasteiger partial charge in [0.1, 0.15) is 5.69 Å². The second-order valence-corrected chi connectivity index (χ2v) is 5.34. The molecule has 0 saturated heterocycles. The molecule has 2 aromatic rings. The Labute approximate surface area is 127 Å². The van der Waals surface area contributed by atoms with Crippen molar-refractivity contribution in [3.63, 3.8) is 0 Å². The van der Waals surface area contributed by atoms with Crippen LogP contribution in [0.4, 0.5) is 18.9 Å². The first-order valence-corrected chi connectivity index (χ1v) is 6.74. The molecule has 2 nitrogen and oxygen atoms in total. The van der Waals surface area contributed by atoms with Crippen LogP contribution in [0.3, 0.4) is 0 Å². The second kappa shape index (κ2) is 6.01. The van der Waals surface area contributed by atoms with Gasteiger partial charge in [0.25, 0.3) is 0 Å². The van der Waals surface area contributed by atoms with Crippen LogP contribution in [0.2, 0.25) is 5.02 Å². The van der Waals surface area contributed by atoms with E-state index in [2.05, 4.69) is 26.2 Å². The highest BCUT2D eigenvalue weighted by molar-refractivity contribution is 9.10. The van der Waals surface area contributed by atoms with E-state index in [0.717, 1.165) is 22.3 Å². The third kappa shape index (κ3) is 3.86. The largest absolute Gasteiger partial charge is 0.433 e. The van der Waals surface area contributed by atoms with Crippen LogP contribution in [-0.2, 0) is 12.7 Å². The van der Waals surface area contributed by atoms with Gasteiger partial charge >= 0.3 is 6.18 Å². The summed E-state index contributed by atoms with van der Waals surface area (Å²) in [6.07, 6.45) is -3.27.